The number of aliphatic hydroxyl groups excluding tert-OH is 1. The summed E-state index contributed by atoms with van der Waals surface area (Å²) < 4.78 is 0. The second-order valence-electron chi connectivity index (χ2n) is 4.52. The normalized spacial score (nSPS) is 14.2. The molecule has 0 aliphatic carbocycles. The lowest BCUT2D eigenvalue weighted by molar-refractivity contribution is -0.136. The Morgan fingerprint density at radius 2 is 1.83 bits per heavy atom. The van der Waals surface area contributed by atoms with Crippen molar-refractivity contribution in [1.29, 1.82) is 0 Å². The molecule has 0 aliphatic rings. The molecule has 0 aliphatic heterocycles. The van der Waals surface area contributed by atoms with Gasteiger partial charge in [-0.15, -0.1) is 0 Å². The second-order valence-corrected chi connectivity index (χ2v) is 4.52. The summed E-state index contributed by atoms with van der Waals surface area (Å²) in [4.78, 5) is 10.3. The molecule has 18 heavy (non-hydrogen) atoms. The number of carboxylic acids is 1. The lowest BCUT2D eigenvalue weighted by atomic mass is 9.96. The summed E-state index contributed by atoms with van der Waals surface area (Å²) >= 11 is 0. The van der Waals surface area contributed by atoms with Gasteiger partial charge >= 0.3 is 5.97 Å². The Balaban J connectivity index is 2.53. The third kappa shape index (κ3) is 4.47. The van der Waals surface area contributed by atoms with E-state index in [0.29, 0.717) is 5.92 Å². The molecule has 0 amide bonds. The van der Waals surface area contributed by atoms with Crippen LogP contribution in [0.4, 0.5) is 0 Å². The largest absolute Gasteiger partial charge is 0.480 e. The Kier molecular flexibility index (Phi) is 5.82. The zero-order valence-electron chi connectivity index (χ0n) is 10.9. The van der Waals surface area contributed by atoms with Gasteiger partial charge < -0.3 is 15.5 Å². The first kappa shape index (κ1) is 14.7. The summed E-state index contributed by atoms with van der Waals surface area (Å²) in [6, 6.07) is 7.83. The summed E-state index contributed by atoms with van der Waals surface area (Å²) in [5, 5.41) is 21.0. The second kappa shape index (κ2) is 7.13. The van der Waals surface area contributed by atoms with Crippen LogP contribution >= 0.6 is 0 Å². The van der Waals surface area contributed by atoms with E-state index in [-0.39, 0.29) is 13.1 Å². The van der Waals surface area contributed by atoms with Crippen molar-refractivity contribution in [2.45, 2.75) is 32.3 Å². The van der Waals surface area contributed by atoms with Crippen molar-refractivity contribution in [3.05, 3.63) is 35.4 Å². The first-order valence-electron chi connectivity index (χ1n) is 6.25. The number of aliphatic hydroxyl groups is 1. The molecule has 0 aromatic heterocycles. The summed E-state index contributed by atoms with van der Waals surface area (Å²) in [5.74, 6) is -0.407. The smallest absolute Gasteiger partial charge is 0.317 e. The molecule has 2 unspecified atom stereocenters. The van der Waals surface area contributed by atoms with E-state index in [0.717, 1.165) is 12.0 Å². The minimum atomic E-state index is -0.922. The highest BCUT2D eigenvalue weighted by Crippen LogP contribution is 2.21. The van der Waals surface area contributed by atoms with E-state index in [1.165, 1.54) is 5.56 Å². The molecule has 0 heterocycles. The van der Waals surface area contributed by atoms with E-state index in [2.05, 4.69) is 19.2 Å². The lowest BCUT2D eigenvalue weighted by Crippen LogP contribution is -2.27. The van der Waals surface area contributed by atoms with Crippen molar-refractivity contribution in [1.82, 2.24) is 5.32 Å². The number of aliphatic carboxylic acids is 1. The Labute approximate surface area is 108 Å². The Morgan fingerprint density at radius 1 is 1.28 bits per heavy atom. The van der Waals surface area contributed by atoms with Crippen molar-refractivity contribution >= 4 is 5.97 Å². The van der Waals surface area contributed by atoms with Gasteiger partial charge in [-0.05, 0) is 23.5 Å². The molecule has 4 nitrogen and oxygen atoms in total. The van der Waals surface area contributed by atoms with Crippen molar-refractivity contribution in [2.24, 2.45) is 0 Å². The molecule has 0 radical (unpaired) electrons. The standard InChI is InChI=1S/C14H21NO3/c1-3-10(2)11-4-6-12(7-5-11)13(16)8-15-9-14(17)18/h4-7,10,13,15-16H,3,8-9H2,1-2H3,(H,17,18). The third-order valence-corrected chi connectivity index (χ3v) is 3.12. The van der Waals surface area contributed by atoms with E-state index < -0.39 is 12.1 Å². The predicted molar refractivity (Wildman–Crippen MR) is 70.6 cm³/mol. The van der Waals surface area contributed by atoms with Crippen LogP contribution in [0.25, 0.3) is 0 Å². The fraction of sp³-hybridized carbons (Fsp3) is 0.500. The lowest BCUT2D eigenvalue weighted by Gasteiger charge is -2.14. The van der Waals surface area contributed by atoms with E-state index in [4.69, 9.17) is 5.11 Å². The van der Waals surface area contributed by atoms with Gasteiger partial charge in [-0.3, -0.25) is 4.79 Å². The molecule has 1 aromatic rings. The van der Waals surface area contributed by atoms with Gasteiger partial charge in [0.15, 0.2) is 0 Å². The average molecular weight is 251 g/mol. The molecule has 0 fully saturated rings. The van der Waals surface area contributed by atoms with Gasteiger partial charge in [0.1, 0.15) is 0 Å². The molecule has 100 valence electrons. The van der Waals surface area contributed by atoms with Crippen LogP contribution in [0.3, 0.4) is 0 Å². The van der Waals surface area contributed by atoms with Gasteiger partial charge in [0.05, 0.1) is 12.6 Å². The molecule has 1 aromatic carbocycles. The minimum absolute atomic E-state index is 0.137. The quantitative estimate of drug-likeness (QED) is 0.692. The average Bonchev–Trinajstić information content (AvgIpc) is 2.37. The minimum Gasteiger partial charge on any atom is -0.480 e. The van der Waals surface area contributed by atoms with Gasteiger partial charge in [-0.25, -0.2) is 0 Å². The highest BCUT2D eigenvalue weighted by atomic mass is 16.4. The van der Waals surface area contributed by atoms with Crippen LogP contribution in [0.2, 0.25) is 0 Å². The van der Waals surface area contributed by atoms with Gasteiger partial charge in [0.25, 0.3) is 0 Å². The van der Waals surface area contributed by atoms with Crippen LogP contribution in [0.15, 0.2) is 24.3 Å². The Morgan fingerprint density at radius 3 is 2.33 bits per heavy atom. The summed E-state index contributed by atoms with van der Waals surface area (Å²) in [6.45, 7) is 4.42. The molecule has 0 spiro atoms. The summed E-state index contributed by atoms with van der Waals surface area (Å²) in [6.07, 6.45) is 0.414. The van der Waals surface area contributed by atoms with Crippen LogP contribution in [0.1, 0.15) is 43.4 Å². The predicted octanol–water partition coefficient (Wildman–Crippen LogP) is 1.91. The molecule has 0 saturated carbocycles. The molecular weight excluding hydrogens is 230 g/mol. The van der Waals surface area contributed by atoms with Crippen LogP contribution in [-0.2, 0) is 4.79 Å². The number of hydrogen-bond acceptors (Lipinski definition) is 3. The Bertz CT molecular complexity index is 375. The maximum Gasteiger partial charge on any atom is 0.317 e. The SMILES string of the molecule is CCC(C)c1ccc(C(O)CNCC(=O)O)cc1. The van der Waals surface area contributed by atoms with Crippen molar-refractivity contribution in [3.63, 3.8) is 0 Å². The van der Waals surface area contributed by atoms with E-state index in [1.807, 2.05) is 24.3 Å². The maximum atomic E-state index is 10.3. The highest BCUT2D eigenvalue weighted by molar-refractivity contribution is 5.68. The van der Waals surface area contributed by atoms with Crippen LogP contribution in [-0.4, -0.2) is 29.3 Å². The highest BCUT2D eigenvalue weighted by Gasteiger charge is 2.09. The van der Waals surface area contributed by atoms with Crippen LogP contribution in [0.5, 0.6) is 0 Å². The fourth-order valence-corrected chi connectivity index (χ4v) is 1.72. The number of nitrogens with one attached hydrogen (secondary N) is 1. The molecule has 0 bridgehead atoms. The molecular formula is C14H21NO3. The zero-order valence-corrected chi connectivity index (χ0v) is 10.9. The van der Waals surface area contributed by atoms with Crippen LogP contribution in [0, 0.1) is 0 Å². The van der Waals surface area contributed by atoms with E-state index in [9.17, 15) is 9.90 Å². The van der Waals surface area contributed by atoms with Gasteiger partial charge in [-0.2, -0.15) is 0 Å². The van der Waals surface area contributed by atoms with Gasteiger partial charge in [0, 0.05) is 6.54 Å². The third-order valence-electron chi connectivity index (χ3n) is 3.12. The number of carbonyl (C=O) groups is 1. The molecule has 3 N–H and O–H groups in total. The van der Waals surface area contributed by atoms with Gasteiger partial charge in [0.2, 0.25) is 0 Å². The van der Waals surface area contributed by atoms with Crippen molar-refractivity contribution in [3.8, 4) is 0 Å². The molecule has 1 rings (SSSR count). The van der Waals surface area contributed by atoms with Crippen molar-refractivity contribution < 1.29 is 15.0 Å². The number of carboxylic acid groups (broad SMARTS) is 1. The molecule has 0 saturated heterocycles. The fourth-order valence-electron chi connectivity index (χ4n) is 1.72. The van der Waals surface area contributed by atoms with Gasteiger partial charge in [-0.1, -0.05) is 38.1 Å². The first-order valence-corrected chi connectivity index (χ1v) is 6.25. The molecule has 4 heteroatoms. The number of rotatable bonds is 7. The first-order chi connectivity index (χ1) is 8.54. The Hall–Kier alpha value is -1.39. The van der Waals surface area contributed by atoms with E-state index >= 15 is 0 Å². The number of benzene rings is 1. The van der Waals surface area contributed by atoms with Crippen LogP contribution < -0.4 is 5.32 Å². The van der Waals surface area contributed by atoms with Crippen molar-refractivity contribution in [2.75, 3.05) is 13.1 Å². The monoisotopic (exact) mass is 251 g/mol. The van der Waals surface area contributed by atoms with E-state index in [1.54, 1.807) is 0 Å². The zero-order chi connectivity index (χ0) is 13.5. The molecule has 2 atom stereocenters. The number of hydrogen-bond donors (Lipinski definition) is 3. The maximum absolute atomic E-state index is 10.3. The summed E-state index contributed by atoms with van der Waals surface area (Å²) in [5.41, 5.74) is 2.06. The summed E-state index contributed by atoms with van der Waals surface area (Å²) in [7, 11) is 0. The topological polar surface area (TPSA) is 69.6 Å².